The lowest BCUT2D eigenvalue weighted by Crippen LogP contribution is -2.07. The Bertz CT molecular complexity index is 294. The number of alkyl halides is 3. The standard InChI is InChI=1S/C6H4F3N3/c1-10-5-3-11-2-4(12-5)6(7,8)9/h2-3H,1H2. The molecule has 0 fully saturated rings. The molecule has 0 amide bonds. The third kappa shape index (κ3) is 1.77. The molecule has 0 radical (unpaired) electrons. The summed E-state index contributed by atoms with van der Waals surface area (Å²) in [5.74, 6) is -0.134. The number of hydrogen-bond donors (Lipinski definition) is 0. The summed E-state index contributed by atoms with van der Waals surface area (Å²) in [6.07, 6.45) is -2.75. The topological polar surface area (TPSA) is 38.1 Å². The van der Waals surface area contributed by atoms with Crippen LogP contribution in [0.1, 0.15) is 5.69 Å². The van der Waals surface area contributed by atoms with Crippen molar-refractivity contribution in [1.29, 1.82) is 0 Å². The number of nitrogens with zero attached hydrogens (tertiary/aromatic N) is 3. The van der Waals surface area contributed by atoms with E-state index in [1.54, 1.807) is 0 Å². The lowest BCUT2D eigenvalue weighted by atomic mass is 10.4. The minimum absolute atomic E-state index is 0.134. The molecule has 0 spiro atoms. The van der Waals surface area contributed by atoms with E-state index in [0.717, 1.165) is 6.20 Å². The van der Waals surface area contributed by atoms with E-state index in [-0.39, 0.29) is 5.82 Å². The minimum atomic E-state index is -4.48. The monoisotopic (exact) mass is 175 g/mol. The van der Waals surface area contributed by atoms with Gasteiger partial charge in [-0.05, 0) is 6.72 Å². The highest BCUT2D eigenvalue weighted by Gasteiger charge is 2.32. The minimum Gasteiger partial charge on any atom is -0.259 e. The highest BCUT2D eigenvalue weighted by atomic mass is 19.4. The molecular formula is C6H4F3N3. The molecular weight excluding hydrogens is 171 g/mol. The Hall–Kier alpha value is -1.46. The Balaban J connectivity index is 3.10. The van der Waals surface area contributed by atoms with Crippen LogP contribution in [0.2, 0.25) is 0 Å². The molecule has 1 heterocycles. The van der Waals surface area contributed by atoms with Gasteiger partial charge in [0, 0.05) is 0 Å². The zero-order chi connectivity index (χ0) is 9.19. The Morgan fingerprint density at radius 1 is 1.33 bits per heavy atom. The van der Waals surface area contributed by atoms with E-state index in [0.29, 0.717) is 6.20 Å². The van der Waals surface area contributed by atoms with E-state index in [4.69, 9.17) is 0 Å². The van der Waals surface area contributed by atoms with Crippen molar-refractivity contribution in [3.63, 3.8) is 0 Å². The van der Waals surface area contributed by atoms with E-state index >= 15 is 0 Å². The summed E-state index contributed by atoms with van der Waals surface area (Å²) < 4.78 is 35.8. The second-order valence-corrected chi connectivity index (χ2v) is 1.92. The van der Waals surface area contributed by atoms with Crippen molar-refractivity contribution in [2.45, 2.75) is 6.18 Å². The van der Waals surface area contributed by atoms with Gasteiger partial charge in [0.1, 0.15) is 0 Å². The van der Waals surface area contributed by atoms with Crippen molar-refractivity contribution in [3.05, 3.63) is 18.1 Å². The molecule has 64 valence electrons. The first-order chi connectivity index (χ1) is 5.54. The molecule has 0 aromatic carbocycles. The molecule has 0 aliphatic rings. The third-order valence-corrected chi connectivity index (χ3v) is 1.07. The number of halogens is 3. The van der Waals surface area contributed by atoms with Gasteiger partial charge < -0.3 is 0 Å². The number of aliphatic imine (C=N–C) groups is 1. The fourth-order valence-electron chi connectivity index (χ4n) is 0.568. The fourth-order valence-corrected chi connectivity index (χ4v) is 0.568. The highest BCUT2D eigenvalue weighted by molar-refractivity contribution is 5.37. The lowest BCUT2D eigenvalue weighted by Gasteiger charge is -2.03. The number of rotatable bonds is 1. The Labute approximate surface area is 66.0 Å². The molecule has 0 saturated carbocycles. The summed E-state index contributed by atoms with van der Waals surface area (Å²) in [7, 11) is 0. The fraction of sp³-hybridized carbons (Fsp3) is 0.167. The third-order valence-electron chi connectivity index (χ3n) is 1.07. The summed E-state index contributed by atoms with van der Waals surface area (Å²) in [6.45, 7) is 3.03. The highest BCUT2D eigenvalue weighted by Crippen LogP contribution is 2.27. The van der Waals surface area contributed by atoms with Crippen LogP contribution in [0, 0.1) is 0 Å². The van der Waals surface area contributed by atoms with Crippen molar-refractivity contribution in [3.8, 4) is 0 Å². The molecule has 0 saturated heterocycles. The van der Waals surface area contributed by atoms with Crippen LogP contribution in [-0.2, 0) is 6.18 Å². The molecule has 0 aliphatic carbocycles. The van der Waals surface area contributed by atoms with Gasteiger partial charge in [0.2, 0.25) is 0 Å². The number of aromatic nitrogens is 2. The first-order valence-corrected chi connectivity index (χ1v) is 2.90. The average molecular weight is 175 g/mol. The van der Waals surface area contributed by atoms with Crippen LogP contribution in [-0.4, -0.2) is 16.7 Å². The normalized spacial score (nSPS) is 11.2. The van der Waals surface area contributed by atoms with Crippen LogP contribution in [0.5, 0.6) is 0 Å². The molecule has 3 nitrogen and oxygen atoms in total. The summed E-state index contributed by atoms with van der Waals surface area (Å²) in [5.41, 5.74) is -1.06. The largest absolute Gasteiger partial charge is 0.434 e. The molecule has 1 rings (SSSR count). The zero-order valence-electron chi connectivity index (χ0n) is 5.84. The van der Waals surface area contributed by atoms with Gasteiger partial charge in [-0.25, -0.2) is 9.98 Å². The molecule has 0 unspecified atom stereocenters. The summed E-state index contributed by atoms with van der Waals surface area (Å²) in [4.78, 5) is 9.67. The maximum Gasteiger partial charge on any atom is 0.434 e. The molecule has 6 heteroatoms. The zero-order valence-corrected chi connectivity index (χ0v) is 5.84. The van der Waals surface area contributed by atoms with Crippen molar-refractivity contribution in [2.24, 2.45) is 4.99 Å². The Morgan fingerprint density at radius 2 is 2.00 bits per heavy atom. The predicted octanol–water partition coefficient (Wildman–Crippen LogP) is 1.83. The van der Waals surface area contributed by atoms with Gasteiger partial charge >= 0.3 is 6.18 Å². The van der Waals surface area contributed by atoms with Gasteiger partial charge in [-0.2, -0.15) is 13.2 Å². The maximum absolute atomic E-state index is 11.9. The summed E-state index contributed by atoms with van der Waals surface area (Å²) >= 11 is 0. The molecule has 0 atom stereocenters. The molecule has 0 N–H and O–H groups in total. The number of hydrogen-bond acceptors (Lipinski definition) is 3. The van der Waals surface area contributed by atoms with Gasteiger partial charge in [0.05, 0.1) is 12.4 Å². The molecule has 1 aromatic rings. The van der Waals surface area contributed by atoms with E-state index in [9.17, 15) is 13.2 Å². The van der Waals surface area contributed by atoms with Crippen molar-refractivity contribution in [1.82, 2.24) is 9.97 Å². The Kier molecular flexibility index (Phi) is 2.07. The van der Waals surface area contributed by atoms with Crippen LogP contribution in [0.3, 0.4) is 0 Å². The van der Waals surface area contributed by atoms with Gasteiger partial charge in [0.15, 0.2) is 11.5 Å². The SMILES string of the molecule is C=Nc1cncc(C(F)(F)F)n1. The van der Waals surface area contributed by atoms with Crippen molar-refractivity contribution in [2.75, 3.05) is 0 Å². The van der Waals surface area contributed by atoms with Crippen LogP contribution in [0.15, 0.2) is 17.4 Å². The molecule has 0 bridgehead atoms. The molecule has 12 heavy (non-hydrogen) atoms. The van der Waals surface area contributed by atoms with Gasteiger partial charge in [0.25, 0.3) is 0 Å². The van der Waals surface area contributed by atoms with E-state index in [1.807, 2.05) is 0 Å². The second kappa shape index (κ2) is 2.88. The van der Waals surface area contributed by atoms with Gasteiger partial charge in [-0.3, -0.25) is 4.98 Å². The smallest absolute Gasteiger partial charge is 0.259 e. The second-order valence-electron chi connectivity index (χ2n) is 1.92. The lowest BCUT2D eigenvalue weighted by molar-refractivity contribution is -0.141. The van der Waals surface area contributed by atoms with E-state index in [2.05, 4.69) is 21.7 Å². The first-order valence-electron chi connectivity index (χ1n) is 2.90. The molecule has 1 aromatic heterocycles. The first kappa shape index (κ1) is 8.63. The van der Waals surface area contributed by atoms with E-state index in [1.165, 1.54) is 0 Å². The van der Waals surface area contributed by atoms with Gasteiger partial charge in [-0.1, -0.05) is 0 Å². The average Bonchev–Trinajstić information content (AvgIpc) is 2.03. The van der Waals surface area contributed by atoms with Crippen molar-refractivity contribution < 1.29 is 13.2 Å². The van der Waals surface area contributed by atoms with Crippen molar-refractivity contribution >= 4 is 12.5 Å². The van der Waals surface area contributed by atoms with Crippen LogP contribution in [0.25, 0.3) is 0 Å². The van der Waals surface area contributed by atoms with Crippen LogP contribution >= 0.6 is 0 Å². The maximum atomic E-state index is 11.9. The Morgan fingerprint density at radius 3 is 2.50 bits per heavy atom. The molecule has 0 aliphatic heterocycles. The predicted molar refractivity (Wildman–Crippen MR) is 36.2 cm³/mol. The summed E-state index contributed by atoms with van der Waals surface area (Å²) in [5, 5.41) is 0. The van der Waals surface area contributed by atoms with Gasteiger partial charge in [-0.15, -0.1) is 0 Å². The van der Waals surface area contributed by atoms with Crippen LogP contribution in [0.4, 0.5) is 19.0 Å². The van der Waals surface area contributed by atoms with Crippen LogP contribution < -0.4 is 0 Å². The summed E-state index contributed by atoms with van der Waals surface area (Å²) in [6, 6.07) is 0. The van der Waals surface area contributed by atoms with E-state index < -0.39 is 11.9 Å². The quantitative estimate of drug-likeness (QED) is 0.610.